The molecule has 4 nitrogen and oxygen atoms in total. The fourth-order valence-corrected chi connectivity index (χ4v) is 1.73. The lowest BCUT2D eigenvalue weighted by Crippen LogP contribution is -2.29. The molecule has 104 valence electrons. The Bertz CT molecular complexity index is 431. The molecule has 0 fully saturated rings. The van der Waals surface area contributed by atoms with E-state index in [0.29, 0.717) is 24.6 Å². The second-order valence-corrected chi connectivity index (χ2v) is 4.38. The molecule has 0 saturated carbocycles. The summed E-state index contributed by atoms with van der Waals surface area (Å²) >= 11 is 5.69. The van der Waals surface area contributed by atoms with Crippen LogP contribution in [-0.2, 0) is 15.4 Å². The van der Waals surface area contributed by atoms with E-state index in [1.54, 1.807) is 26.1 Å². The maximum atomic E-state index is 12.1. The summed E-state index contributed by atoms with van der Waals surface area (Å²) in [7, 11) is 1.66. The molecule has 0 aliphatic heterocycles. The molecule has 0 aliphatic carbocycles. The van der Waals surface area contributed by atoms with Crippen molar-refractivity contribution in [1.29, 1.82) is 0 Å². The molecular formula is C14H18ClNO3. The first kappa shape index (κ1) is 15.5. The monoisotopic (exact) mass is 283 g/mol. The largest absolute Gasteiger partial charge is 0.466 e. The molecule has 0 radical (unpaired) electrons. The van der Waals surface area contributed by atoms with Gasteiger partial charge in [-0.1, -0.05) is 12.1 Å². The number of halogens is 1. The van der Waals surface area contributed by atoms with Crippen LogP contribution in [0.25, 0.3) is 0 Å². The lowest BCUT2D eigenvalue weighted by molar-refractivity contribution is -0.143. The highest BCUT2D eigenvalue weighted by atomic mass is 35.5. The standard InChI is InChI=1S/C14H18ClNO3/c1-3-19-13(17)8-9-16(2)14(18)12-6-4-11(10-15)5-7-12/h4-7H,3,8-10H2,1-2H3. The summed E-state index contributed by atoms with van der Waals surface area (Å²) in [6.07, 6.45) is 0.204. The molecule has 0 bridgehead atoms. The van der Waals surface area contributed by atoms with Crippen LogP contribution in [0.5, 0.6) is 0 Å². The van der Waals surface area contributed by atoms with Gasteiger partial charge in [0.1, 0.15) is 0 Å². The van der Waals surface area contributed by atoms with E-state index in [1.807, 2.05) is 12.1 Å². The number of hydrogen-bond donors (Lipinski definition) is 0. The molecule has 5 heteroatoms. The van der Waals surface area contributed by atoms with Gasteiger partial charge in [-0.15, -0.1) is 11.6 Å². The summed E-state index contributed by atoms with van der Waals surface area (Å²) < 4.78 is 4.82. The Balaban J connectivity index is 2.53. The summed E-state index contributed by atoms with van der Waals surface area (Å²) in [5.74, 6) is 0.0118. The normalized spacial score (nSPS) is 10.1. The molecule has 1 aromatic carbocycles. The minimum atomic E-state index is -0.292. The number of benzene rings is 1. The van der Waals surface area contributed by atoms with Crippen molar-refractivity contribution in [2.75, 3.05) is 20.2 Å². The second kappa shape index (κ2) is 7.79. The Hall–Kier alpha value is -1.55. The number of ether oxygens (including phenoxy) is 1. The van der Waals surface area contributed by atoms with E-state index in [4.69, 9.17) is 16.3 Å². The number of rotatable bonds is 6. The highest BCUT2D eigenvalue weighted by molar-refractivity contribution is 6.17. The van der Waals surface area contributed by atoms with E-state index < -0.39 is 0 Å². The molecule has 0 N–H and O–H groups in total. The van der Waals surface area contributed by atoms with Crippen molar-refractivity contribution in [2.24, 2.45) is 0 Å². The molecule has 1 amide bonds. The van der Waals surface area contributed by atoms with E-state index in [2.05, 4.69) is 0 Å². The van der Waals surface area contributed by atoms with Gasteiger partial charge in [0.25, 0.3) is 5.91 Å². The maximum Gasteiger partial charge on any atom is 0.307 e. The molecule has 0 spiro atoms. The molecule has 0 atom stereocenters. The van der Waals surface area contributed by atoms with Crippen LogP contribution >= 0.6 is 11.6 Å². The minimum absolute atomic E-state index is 0.120. The summed E-state index contributed by atoms with van der Waals surface area (Å²) in [5.41, 5.74) is 1.55. The number of nitrogens with zero attached hydrogens (tertiary/aromatic N) is 1. The van der Waals surface area contributed by atoms with Crippen LogP contribution in [0.15, 0.2) is 24.3 Å². The van der Waals surface area contributed by atoms with Crippen molar-refractivity contribution in [1.82, 2.24) is 4.90 Å². The highest BCUT2D eigenvalue weighted by Gasteiger charge is 2.13. The van der Waals surface area contributed by atoms with Crippen molar-refractivity contribution < 1.29 is 14.3 Å². The van der Waals surface area contributed by atoms with Crippen LogP contribution in [0.2, 0.25) is 0 Å². The number of alkyl halides is 1. The van der Waals surface area contributed by atoms with E-state index in [0.717, 1.165) is 5.56 Å². The number of carbonyl (C=O) groups excluding carboxylic acids is 2. The number of esters is 1. The smallest absolute Gasteiger partial charge is 0.307 e. The van der Waals surface area contributed by atoms with Crippen molar-refractivity contribution in [2.45, 2.75) is 19.2 Å². The number of hydrogen-bond acceptors (Lipinski definition) is 3. The van der Waals surface area contributed by atoms with Gasteiger partial charge >= 0.3 is 5.97 Å². The third-order valence-corrected chi connectivity index (χ3v) is 2.97. The van der Waals surface area contributed by atoms with E-state index in [1.165, 1.54) is 4.90 Å². The van der Waals surface area contributed by atoms with Gasteiger partial charge in [0.05, 0.1) is 13.0 Å². The summed E-state index contributed by atoms with van der Waals surface area (Å²) in [4.78, 5) is 24.8. The number of amides is 1. The van der Waals surface area contributed by atoms with Crippen LogP contribution in [-0.4, -0.2) is 37.0 Å². The van der Waals surface area contributed by atoms with Crippen LogP contribution < -0.4 is 0 Å². The number of carbonyl (C=O) groups is 2. The van der Waals surface area contributed by atoms with Crippen molar-refractivity contribution >= 4 is 23.5 Å². The van der Waals surface area contributed by atoms with Gasteiger partial charge in [-0.05, 0) is 24.6 Å². The first-order valence-corrected chi connectivity index (χ1v) is 6.68. The van der Waals surface area contributed by atoms with Crippen molar-refractivity contribution in [3.63, 3.8) is 0 Å². The van der Waals surface area contributed by atoms with Gasteiger partial charge in [-0.25, -0.2) is 0 Å². The van der Waals surface area contributed by atoms with Gasteiger partial charge in [-0.2, -0.15) is 0 Å². The quantitative estimate of drug-likeness (QED) is 0.595. The predicted molar refractivity (Wildman–Crippen MR) is 74.2 cm³/mol. The summed E-state index contributed by atoms with van der Waals surface area (Å²) in [6.45, 7) is 2.45. The van der Waals surface area contributed by atoms with Crippen molar-refractivity contribution in [3.8, 4) is 0 Å². The van der Waals surface area contributed by atoms with Gasteiger partial charge in [0.15, 0.2) is 0 Å². The third kappa shape index (κ3) is 4.91. The average molecular weight is 284 g/mol. The Morgan fingerprint density at radius 2 is 1.89 bits per heavy atom. The van der Waals surface area contributed by atoms with Gasteiger partial charge in [-0.3, -0.25) is 9.59 Å². The Labute approximate surface area is 118 Å². The lowest BCUT2D eigenvalue weighted by Gasteiger charge is -2.16. The fourth-order valence-electron chi connectivity index (χ4n) is 1.55. The zero-order valence-corrected chi connectivity index (χ0v) is 11.9. The van der Waals surface area contributed by atoms with E-state index >= 15 is 0 Å². The average Bonchev–Trinajstić information content (AvgIpc) is 2.44. The minimum Gasteiger partial charge on any atom is -0.466 e. The molecule has 19 heavy (non-hydrogen) atoms. The molecule has 1 aromatic rings. The first-order valence-electron chi connectivity index (χ1n) is 6.14. The predicted octanol–water partition coefficient (Wildman–Crippen LogP) is 2.45. The molecular weight excluding hydrogens is 266 g/mol. The highest BCUT2D eigenvalue weighted by Crippen LogP contribution is 2.09. The van der Waals surface area contributed by atoms with Gasteiger partial charge < -0.3 is 9.64 Å². The van der Waals surface area contributed by atoms with Gasteiger partial charge in [0.2, 0.25) is 0 Å². The second-order valence-electron chi connectivity index (χ2n) is 4.11. The Morgan fingerprint density at radius 1 is 1.26 bits per heavy atom. The topological polar surface area (TPSA) is 46.6 Å². The lowest BCUT2D eigenvalue weighted by atomic mass is 10.1. The molecule has 1 rings (SSSR count). The van der Waals surface area contributed by atoms with Crippen LogP contribution in [0.4, 0.5) is 0 Å². The molecule has 0 aliphatic rings. The van der Waals surface area contributed by atoms with Crippen LogP contribution in [0.3, 0.4) is 0 Å². The Kier molecular flexibility index (Phi) is 6.36. The SMILES string of the molecule is CCOC(=O)CCN(C)C(=O)c1ccc(CCl)cc1. The molecule has 0 saturated heterocycles. The summed E-state index contributed by atoms with van der Waals surface area (Å²) in [5, 5.41) is 0. The van der Waals surface area contributed by atoms with E-state index in [-0.39, 0.29) is 18.3 Å². The van der Waals surface area contributed by atoms with Crippen molar-refractivity contribution in [3.05, 3.63) is 35.4 Å². The molecule has 0 heterocycles. The van der Waals surface area contributed by atoms with Gasteiger partial charge in [0, 0.05) is 25.0 Å². The third-order valence-electron chi connectivity index (χ3n) is 2.66. The van der Waals surface area contributed by atoms with Crippen LogP contribution in [0.1, 0.15) is 29.3 Å². The molecule has 0 unspecified atom stereocenters. The van der Waals surface area contributed by atoms with E-state index in [9.17, 15) is 9.59 Å². The fraction of sp³-hybridized carbons (Fsp3) is 0.429. The first-order chi connectivity index (χ1) is 9.08. The molecule has 0 aromatic heterocycles. The maximum absolute atomic E-state index is 12.1. The zero-order chi connectivity index (χ0) is 14.3. The Morgan fingerprint density at radius 3 is 2.42 bits per heavy atom. The van der Waals surface area contributed by atoms with Crippen LogP contribution in [0, 0.1) is 0 Å². The zero-order valence-electron chi connectivity index (χ0n) is 11.2. The summed E-state index contributed by atoms with van der Waals surface area (Å²) in [6, 6.07) is 7.11.